The molecule has 0 radical (unpaired) electrons. The summed E-state index contributed by atoms with van der Waals surface area (Å²) in [5.74, 6) is -0.131. The Balaban J connectivity index is 1.76. The van der Waals surface area contributed by atoms with E-state index in [1.807, 2.05) is 15.7 Å². The van der Waals surface area contributed by atoms with Crippen LogP contribution in [-0.2, 0) is 28.8 Å². The highest BCUT2D eigenvalue weighted by Gasteiger charge is 2.33. The standard InChI is InChI=1S/C20H25F3N4O3S/c1-14(2)10-25-12-18(24-13-25)26-9-3-4-15(11-26)19(28)27(31(29)30)17-7-5-16(6-8-17)20(21,22)23/h5-8,12-15H,3-4,9-11H2,1-2H3,(H,29,30)/p-1/t15-/m1/s1. The zero-order chi connectivity index (χ0) is 22.8. The Kier molecular flexibility index (Phi) is 7.05. The van der Waals surface area contributed by atoms with Gasteiger partial charge >= 0.3 is 6.18 Å². The first-order valence-electron chi connectivity index (χ1n) is 9.93. The van der Waals surface area contributed by atoms with Crippen LogP contribution in [0.4, 0.5) is 24.7 Å². The minimum Gasteiger partial charge on any atom is -0.755 e. The molecule has 2 heterocycles. The molecule has 1 amide bonds. The molecule has 0 bridgehead atoms. The third-order valence-electron chi connectivity index (χ3n) is 5.07. The molecule has 3 rings (SSSR count). The smallest absolute Gasteiger partial charge is 0.416 e. The number of alkyl halides is 3. The first-order chi connectivity index (χ1) is 14.6. The van der Waals surface area contributed by atoms with Crippen LogP contribution in [0.15, 0.2) is 36.8 Å². The number of piperidine rings is 1. The molecule has 1 aromatic heterocycles. The van der Waals surface area contributed by atoms with Crippen molar-refractivity contribution in [2.24, 2.45) is 11.8 Å². The molecule has 2 aromatic rings. The van der Waals surface area contributed by atoms with E-state index in [0.717, 1.165) is 30.8 Å². The fraction of sp³-hybridized carbons (Fsp3) is 0.500. The Morgan fingerprint density at radius 1 is 1.32 bits per heavy atom. The number of nitrogens with zero attached hydrogens (tertiary/aromatic N) is 4. The quantitative estimate of drug-likeness (QED) is 0.619. The Morgan fingerprint density at radius 3 is 2.58 bits per heavy atom. The van der Waals surface area contributed by atoms with Crippen molar-refractivity contribution in [3.05, 3.63) is 42.4 Å². The number of rotatable bonds is 6. The van der Waals surface area contributed by atoms with Crippen molar-refractivity contribution in [3.8, 4) is 0 Å². The molecule has 7 nitrogen and oxygen atoms in total. The topological polar surface area (TPSA) is 81.5 Å². The molecule has 11 heteroatoms. The summed E-state index contributed by atoms with van der Waals surface area (Å²) in [5, 5.41) is 0. The highest BCUT2D eigenvalue weighted by molar-refractivity contribution is 7.81. The molecule has 1 unspecified atom stereocenters. The molecule has 0 spiro atoms. The van der Waals surface area contributed by atoms with Crippen LogP contribution in [0.25, 0.3) is 0 Å². The van der Waals surface area contributed by atoms with Gasteiger partial charge in [-0.1, -0.05) is 13.8 Å². The lowest BCUT2D eigenvalue weighted by atomic mass is 9.97. The first kappa shape index (κ1) is 23.3. The summed E-state index contributed by atoms with van der Waals surface area (Å²) in [5.41, 5.74) is -1.04. The number of halogens is 3. The largest absolute Gasteiger partial charge is 0.755 e. The van der Waals surface area contributed by atoms with Crippen molar-refractivity contribution in [2.45, 2.75) is 39.4 Å². The second-order valence-corrected chi connectivity index (χ2v) is 8.80. The number of carbonyl (C=O) groups is 1. The van der Waals surface area contributed by atoms with Crippen molar-refractivity contribution in [3.63, 3.8) is 0 Å². The molecule has 1 aliphatic heterocycles. The summed E-state index contributed by atoms with van der Waals surface area (Å²) in [6.45, 7) is 5.96. The number of hydrogen-bond acceptors (Lipinski definition) is 5. The van der Waals surface area contributed by atoms with Gasteiger partial charge in [0.15, 0.2) is 0 Å². The fourth-order valence-electron chi connectivity index (χ4n) is 3.66. The summed E-state index contributed by atoms with van der Waals surface area (Å²) in [4.78, 5) is 19.3. The third-order valence-corrected chi connectivity index (χ3v) is 5.76. The van der Waals surface area contributed by atoms with E-state index in [9.17, 15) is 26.7 Å². The van der Waals surface area contributed by atoms with Gasteiger partial charge in [0.25, 0.3) is 0 Å². The lowest BCUT2D eigenvalue weighted by Gasteiger charge is -2.35. The molecule has 1 fully saturated rings. The Labute approximate surface area is 181 Å². The number of imidazole rings is 1. The molecular formula is C20H24F3N4O3S-. The van der Waals surface area contributed by atoms with Crippen molar-refractivity contribution in [1.82, 2.24) is 9.55 Å². The summed E-state index contributed by atoms with van der Waals surface area (Å²) < 4.78 is 64.4. The predicted molar refractivity (Wildman–Crippen MR) is 110 cm³/mol. The number of hydrogen-bond donors (Lipinski definition) is 0. The van der Waals surface area contributed by atoms with E-state index in [1.165, 1.54) is 0 Å². The Morgan fingerprint density at radius 2 is 2.00 bits per heavy atom. The molecule has 0 aliphatic carbocycles. The molecule has 0 N–H and O–H groups in total. The summed E-state index contributed by atoms with van der Waals surface area (Å²) >= 11 is -2.96. The summed E-state index contributed by atoms with van der Waals surface area (Å²) in [6.07, 6.45) is 0.219. The maximum absolute atomic E-state index is 13.0. The minimum atomic E-state index is -4.55. The van der Waals surface area contributed by atoms with Crippen molar-refractivity contribution >= 4 is 28.7 Å². The second kappa shape index (κ2) is 9.39. The average molecular weight is 457 g/mol. The molecule has 1 aliphatic rings. The third kappa shape index (κ3) is 5.65. The van der Waals surface area contributed by atoms with Crippen molar-refractivity contribution in [2.75, 3.05) is 22.3 Å². The molecule has 2 atom stereocenters. The van der Waals surface area contributed by atoms with Crippen LogP contribution < -0.4 is 9.21 Å². The Hall–Kier alpha value is -2.40. The van der Waals surface area contributed by atoms with Crippen LogP contribution in [0.5, 0.6) is 0 Å². The van der Waals surface area contributed by atoms with E-state index in [2.05, 4.69) is 18.8 Å². The fourth-order valence-corrected chi connectivity index (χ4v) is 4.25. The highest BCUT2D eigenvalue weighted by atomic mass is 32.2. The molecule has 31 heavy (non-hydrogen) atoms. The Bertz CT molecular complexity index is 930. The SMILES string of the molecule is CC(C)Cn1cnc(N2CCC[C@@H](C(=O)N(c3ccc(C(F)(F)F)cc3)S(=O)[O-])C2)c1. The van der Waals surface area contributed by atoms with Crippen molar-refractivity contribution in [1.29, 1.82) is 0 Å². The van der Waals surface area contributed by atoms with E-state index < -0.39 is 34.8 Å². The van der Waals surface area contributed by atoms with Crippen LogP contribution in [0.2, 0.25) is 0 Å². The second-order valence-electron chi connectivity index (χ2n) is 8.00. The normalized spacial score (nSPS) is 18.3. The number of amides is 1. The van der Waals surface area contributed by atoms with E-state index in [0.29, 0.717) is 35.4 Å². The highest BCUT2D eigenvalue weighted by Crippen LogP contribution is 2.32. The van der Waals surface area contributed by atoms with Crippen LogP contribution >= 0.6 is 0 Å². The average Bonchev–Trinajstić information content (AvgIpc) is 3.15. The van der Waals surface area contributed by atoms with Gasteiger partial charge in [0.2, 0.25) is 5.91 Å². The minimum absolute atomic E-state index is 0.121. The van der Waals surface area contributed by atoms with Gasteiger partial charge in [-0.3, -0.25) is 9.00 Å². The van der Waals surface area contributed by atoms with Crippen molar-refractivity contribution < 1.29 is 26.7 Å². The number of anilines is 2. The van der Waals surface area contributed by atoms with Gasteiger partial charge in [0.1, 0.15) is 5.82 Å². The molecule has 1 aromatic carbocycles. The van der Waals surface area contributed by atoms with Gasteiger partial charge in [0, 0.05) is 25.8 Å². The summed E-state index contributed by atoms with van der Waals surface area (Å²) in [7, 11) is 0. The summed E-state index contributed by atoms with van der Waals surface area (Å²) in [6, 6.07) is 3.50. The molecule has 1 saturated heterocycles. The lowest BCUT2D eigenvalue weighted by molar-refractivity contribution is -0.137. The maximum atomic E-state index is 13.0. The zero-order valence-corrected chi connectivity index (χ0v) is 18.0. The van der Waals surface area contributed by atoms with Crippen LogP contribution in [0.1, 0.15) is 32.3 Å². The first-order valence-corrected chi connectivity index (χ1v) is 11.0. The van der Waals surface area contributed by atoms with E-state index in [1.54, 1.807) is 6.33 Å². The van der Waals surface area contributed by atoms with Crippen LogP contribution in [0, 0.1) is 11.8 Å². The zero-order valence-electron chi connectivity index (χ0n) is 17.2. The molecule has 0 saturated carbocycles. The molecule has 170 valence electrons. The van der Waals surface area contributed by atoms with Gasteiger partial charge in [-0.25, -0.2) is 9.29 Å². The van der Waals surface area contributed by atoms with Gasteiger partial charge in [-0.15, -0.1) is 0 Å². The monoisotopic (exact) mass is 457 g/mol. The lowest BCUT2D eigenvalue weighted by Crippen LogP contribution is -2.45. The van der Waals surface area contributed by atoms with Crippen LogP contribution in [0.3, 0.4) is 0 Å². The predicted octanol–water partition coefficient (Wildman–Crippen LogP) is 3.60. The van der Waals surface area contributed by atoms with Gasteiger partial charge in [-0.2, -0.15) is 13.2 Å². The van der Waals surface area contributed by atoms with E-state index in [4.69, 9.17) is 0 Å². The number of carbonyl (C=O) groups excluding carboxylic acids is 1. The van der Waals surface area contributed by atoms with Gasteiger partial charge in [0.05, 0.1) is 34.8 Å². The number of aromatic nitrogens is 2. The van der Waals surface area contributed by atoms with E-state index >= 15 is 0 Å². The van der Waals surface area contributed by atoms with E-state index in [-0.39, 0.29) is 12.2 Å². The maximum Gasteiger partial charge on any atom is 0.416 e. The van der Waals surface area contributed by atoms with Gasteiger partial charge < -0.3 is 14.0 Å². The van der Waals surface area contributed by atoms with Crippen LogP contribution in [-0.4, -0.2) is 37.3 Å². The van der Waals surface area contributed by atoms with Gasteiger partial charge in [-0.05, 0) is 43.0 Å². The number of benzene rings is 1. The molecular weight excluding hydrogens is 433 g/mol.